The van der Waals surface area contributed by atoms with Gasteiger partial charge in [0.15, 0.2) is 0 Å². The fraction of sp³-hybridized carbons (Fsp3) is 0.600. The second kappa shape index (κ2) is 13.5. The molecule has 2 nitrogen and oxygen atoms in total. The van der Waals surface area contributed by atoms with E-state index in [-0.39, 0.29) is 0 Å². The minimum Gasteiger partial charge on any atom is -0.508 e. The average Bonchev–Trinajstić information content (AvgIpc) is 2.61. The van der Waals surface area contributed by atoms with Crippen molar-refractivity contribution in [2.24, 2.45) is 0 Å². The summed E-state index contributed by atoms with van der Waals surface area (Å²) in [7, 11) is 0. The van der Waals surface area contributed by atoms with Gasteiger partial charge in [-0.2, -0.15) is 0 Å². The van der Waals surface area contributed by atoms with Gasteiger partial charge in [0.25, 0.3) is 0 Å². The molecular formula is C25H40O2. The SMILES string of the molecule is CCCCCc1cc(O)c(CC=C(C)CCC=C(C)C)c(OCCCC)c1. The standard InChI is InChI=1S/C25H40O2/c1-6-8-10-14-22-18-24(26)23(25(19-22)27-17-9-7-2)16-15-21(5)13-11-12-20(3)4/h12,15,18-19,26H,6-11,13-14,16-17H2,1-5H3. The molecule has 0 radical (unpaired) electrons. The third-order valence-electron chi connectivity index (χ3n) is 4.82. The summed E-state index contributed by atoms with van der Waals surface area (Å²) in [5.74, 6) is 1.24. The van der Waals surface area contributed by atoms with Gasteiger partial charge in [0, 0.05) is 5.56 Å². The first kappa shape index (κ1) is 23.3. The van der Waals surface area contributed by atoms with Crippen molar-refractivity contribution in [1.82, 2.24) is 0 Å². The predicted molar refractivity (Wildman–Crippen MR) is 118 cm³/mol. The maximum absolute atomic E-state index is 10.6. The highest BCUT2D eigenvalue weighted by Gasteiger charge is 2.11. The Labute approximate surface area is 167 Å². The van der Waals surface area contributed by atoms with Crippen LogP contribution in [0.3, 0.4) is 0 Å². The molecule has 0 aromatic heterocycles. The topological polar surface area (TPSA) is 29.5 Å². The first-order valence-corrected chi connectivity index (χ1v) is 10.7. The third kappa shape index (κ3) is 9.70. The van der Waals surface area contributed by atoms with Crippen molar-refractivity contribution >= 4 is 0 Å². The lowest BCUT2D eigenvalue weighted by Gasteiger charge is -2.15. The van der Waals surface area contributed by atoms with Crippen LogP contribution in [-0.4, -0.2) is 11.7 Å². The second-order valence-electron chi connectivity index (χ2n) is 7.83. The molecule has 0 fully saturated rings. The van der Waals surface area contributed by atoms with Gasteiger partial charge in [-0.15, -0.1) is 0 Å². The Morgan fingerprint density at radius 2 is 1.74 bits per heavy atom. The molecule has 0 unspecified atom stereocenters. The molecule has 0 saturated carbocycles. The van der Waals surface area contributed by atoms with Gasteiger partial charge >= 0.3 is 0 Å². The summed E-state index contributed by atoms with van der Waals surface area (Å²) in [4.78, 5) is 0. The number of ether oxygens (including phenoxy) is 1. The van der Waals surface area contributed by atoms with E-state index in [4.69, 9.17) is 4.74 Å². The lowest BCUT2D eigenvalue weighted by atomic mass is 10.00. The van der Waals surface area contributed by atoms with Crippen molar-refractivity contribution in [3.8, 4) is 11.5 Å². The summed E-state index contributed by atoms with van der Waals surface area (Å²) in [6, 6.07) is 4.08. The van der Waals surface area contributed by atoms with Gasteiger partial charge in [0.1, 0.15) is 11.5 Å². The number of allylic oxidation sites excluding steroid dienone is 4. The minimum atomic E-state index is 0.379. The van der Waals surface area contributed by atoms with Gasteiger partial charge in [-0.05, 0) is 77.0 Å². The van der Waals surface area contributed by atoms with Gasteiger partial charge in [0.2, 0.25) is 0 Å². The highest BCUT2D eigenvalue weighted by molar-refractivity contribution is 5.48. The fourth-order valence-electron chi connectivity index (χ4n) is 3.04. The first-order chi connectivity index (χ1) is 13.0. The smallest absolute Gasteiger partial charge is 0.126 e. The largest absolute Gasteiger partial charge is 0.508 e. The first-order valence-electron chi connectivity index (χ1n) is 10.7. The third-order valence-corrected chi connectivity index (χ3v) is 4.82. The van der Waals surface area contributed by atoms with Gasteiger partial charge < -0.3 is 9.84 Å². The van der Waals surface area contributed by atoms with E-state index < -0.39 is 0 Å². The van der Waals surface area contributed by atoms with Gasteiger partial charge in [-0.25, -0.2) is 0 Å². The number of hydrogen-bond acceptors (Lipinski definition) is 2. The maximum Gasteiger partial charge on any atom is 0.126 e. The van der Waals surface area contributed by atoms with Crippen molar-refractivity contribution in [3.63, 3.8) is 0 Å². The number of benzene rings is 1. The summed E-state index contributed by atoms with van der Waals surface area (Å²) in [5.41, 5.74) is 4.83. The average molecular weight is 373 g/mol. The monoisotopic (exact) mass is 372 g/mol. The van der Waals surface area contributed by atoms with Crippen LogP contribution in [0.15, 0.2) is 35.4 Å². The zero-order chi connectivity index (χ0) is 20.1. The van der Waals surface area contributed by atoms with Crippen molar-refractivity contribution < 1.29 is 9.84 Å². The Hall–Kier alpha value is -1.70. The highest BCUT2D eigenvalue weighted by Crippen LogP contribution is 2.32. The van der Waals surface area contributed by atoms with Crippen LogP contribution in [0.4, 0.5) is 0 Å². The highest BCUT2D eigenvalue weighted by atomic mass is 16.5. The van der Waals surface area contributed by atoms with Crippen LogP contribution in [0.1, 0.15) is 90.7 Å². The lowest BCUT2D eigenvalue weighted by Crippen LogP contribution is -2.01. The predicted octanol–water partition coefficient (Wildman–Crippen LogP) is 7.54. The molecule has 1 rings (SSSR count). The summed E-state index contributed by atoms with van der Waals surface area (Å²) in [6.07, 6.45) is 14.1. The van der Waals surface area contributed by atoms with Crippen molar-refractivity contribution in [3.05, 3.63) is 46.6 Å². The Morgan fingerprint density at radius 3 is 2.41 bits per heavy atom. The molecule has 2 heteroatoms. The number of aryl methyl sites for hydroxylation is 1. The van der Waals surface area contributed by atoms with E-state index in [1.54, 1.807) is 0 Å². The molecule has 1 aromatic rings. The molecular weight excluding hydrogens is 332 g/mol. The van der Waals surface area contributed by atoms with Crippen molar-refractivity contribution in [2.45, 2.75) is 92.4 Å². The summed E-state index contributed by atoms with van der Waals surface area (Å²) in [6.45, 7) is 11.5. The number of rotatable bonds is 13. The summed E-state index contributed by atoms with van der Waals surface area (Å²) < 4.78 is 6.05. The Kier molecular flexibility index (Phi) is 11.6. The van der Waals surface area contributed by atoms with E-state index in [2.05, 4.69) is 52.8 Å². The number of phenols is 1. The van der Waals surface area contributed by atoms with Crippen molar-refractivity contribution in [1.29, 1.82) is 0 Å². The maximum atomic E-state index is 10.6. The molecule has 27 heavy (non-hydrogen) atoms. The molecule has 0 spiro atoms. The number of phenolic OH excluding ortho intramolecular Hbond substituents is 1. The molecule has 0 bridgehead atoms. The molecule has 0 aliphatic carbocycles. The van der Waals surface area contributed by atoms with E-state index >= 15 is 0 Å². The number of unbranched alkanes of at least 4 members (excludes halogenated alkanes) is 3. The minimum absolute atomic E-state index is 0.379. The van der Waals surface area contributed by atoms with Gasteiger partial charge in [-0.3, -0.25) is 0 Å². The van der Waals surface area contributed by atoms with Crippen LogP contribution in [0.2, 0.25) is 0 Å². The number of aromatic hydroxyl groups is 1. The Bertz CT molecular complexity index is 607. The van der Waals surface area contributed by atoms with Gasteiger partial charge in [-0.1, -0.05) is 56.4 Å². The molecule has 0 atom stereocenters. The zero-order valence-corrected chi connectivity index (χ0v) is 18.2. The summed E-state index contributed by atoms with van der Waals surface area (Å²) in [5, 5.41) is 10.6. The van der Waals surface area contributed by atoms with Gasteiger partial charge in [0.05, 0.1) is 6.61 Å². The molecule has 1 aromatic carbocycles. The van der Waals surface area contributed by atoms with E-state index in [9.17, 15) is 5.11 Å². The lowest BCUT2D eigenvalue weighted by molar-refractivity contribution is 0.304. The van der Waals surface area contributed by atoms with E-state index in [1.165, 1.54) is 29.6 Å². The molecule has 0 heterocycles. The summed E-state index contributed by atoms with van der Waals surface area (Å²) >= 11 is 0. The number of hydrogen-bond donors (Lipinski definition) is 1. The van der Waals surface area contributed by atoms with Crippen LogP contribution in [0, 0.1) is 0 Å². The quantitative estimate of drug-likeness (QED) is 0.286. The van der Waals surface area contributed by atoms with Crippen LogP contribution in [0.5, 0.6) is 11.5 Å². The molecule has 0 saturated heterocycles. The normalized spacial score (nSPS) is 11.5. The van der Waals surface area contributed by atoms with Crippen LogP contribution in [0.25, 0.3) is 0 Å². The Morgan fingerprint density at radius 1 is 1.00 bits per heavy atom. The Balaban J connectivity index is 2.89. The van der Waals surface area contributed by atoms with Crippen LogP contribution >= 0.6 is 0 Å². The van der Waals surface area contributed by atoms with Crippen molar-refractivity contribution in [2.75, 3.05) is 6.61 Å². The van der Waals surface area contributed by atoms with E-state index in [0.29, 0.717) is 12.4 Å². The van der Waals surface area contributed by atoms with E-state index in [1.807, 2.05) is 6.07 Å². The zero-order valence-electron chi connectivity index (χ0n) is 18.2. The molecule has 0 aliphatic heterocycles. The molecule has 0 aliphatic rings. The van der Waals surface area contributed by atoms with Crippen LogP contribution in [-0.2, 0) is 12.8 Å². The van der Waals surface area contributed by atoms with E-state index in [0.717, 1.165) is 56.3 Å². The molecule has 1 N–H and O–H groups in total. The second-order valence-corrected chi connectivity index (χ2v) is 7.83. The molecule has 0 amide bonds. The van der Waals surface area contributed by atoms with Crippen LogP contribution < -0.4 is 4.74 Å². The fourth-order valence-corrected chi connectivity index (χ4v) is 3.04. The molecule has 152 valence electrons.